The third-order valence-corrected chi connectivity index (χ3v) is 8.97. The summed E-state index contributed by atoms with van der Waals surface area (Å²) >= 11 is 0. The Kier molecular flexibility index (Phi) is 9.94. The summed E-state index contributed by atoms with van der Waals surface area (Å²) in [6, 6.07) is 5.42. The molecule has 4 heteroatoms. The molecular weight excluding hydrogens is 488 g/mol. The zero-order valence-electron chi connectivity index (χ0n) is 26.3. The lowest BCUT2D eigenvalue weighted by molar-refractivity contribution is 0.406. The summed E-state index contributed by atoms with van der Waals surface area (Å²) in [4.78, 5) is 7.84. The predicted octanol–water partition coefficient (Wildman–Crippen LogP) is 8.34. The Morgan fingerprint density at radius 1 is 1.15 bits per heavy atom. The molecule has 0 aromatic carbocycles. The SMILES string of the molecule is C=C(C)C1=C(/C=C(/C)C(C)CC)C=C(C(=C/C)/N=c2/ccc(N3CC(C)N[C@@H](C)C3)cn2C=C2CCC2)C(C)C1. The van der Waals surface area contributed by atoms with Crippen LogP contribution in [0, 0.1) is 11.8 Å². The highest BCUT2D eigenvalue weighted by atomic mass is 15.2. The monoisotopic (exact) mass is 540 g/mol. The van der Waals surface area contributed by atoms with Crippen LogP contribution in [0.1, 0.15) is 87.5 Å². The van der Waals surface area contributed by atoms with Gasteiger partial charge < -0.3 is 14.8 Å². The van der Waals surface area contributed by atoms with Gasteiger partial charge >= 0.3 is 0 Å². The fourth-order valence-corrected chi connectivity index (χ4v) is 6.06. The fourth-order valence-electron chi connectivity index (χ4n) is 6.06. The van der Waals surface area contributed by atoms with Crippen LogP contribution in [0.5, 0.6) is 0 Å². The Balaban J connectivity index is 1.77. The zero-order valence-corrected chi connectivity index (χ0v) is 26.3. The average Bonchev–Trinajstić information content (AvgIpc) is 2.89. The Labute approximate surface area is 243 Å². The number of hydrogen-bond acceptors (Lipinski definition) is 3. The molecule has 4 atom stereocenters. The molecule has 1 N–H and O–H groups in total. The highest BCUT2D eigenvalue weighted by Crippen LogP contribution is 2.37. The maximum atomic E-state index is 5.33. The lowest BCUT2D eigenvalue weighted by Gasteiger charge is -2.37. The number of pyridine rings is 1. The highest BCUT2D eigenvalue weighted by Gasteiger charge is 2.24. The molecule has 1 saturated carbocycles. The van der Waals surface area contributed by atoms with Crippen molar-refractivity contribution in [3.05, 3.63) is 87.8 Å². The zero-order chi connectivity index (χ0) is 29.0. The van der Waals surface area contributed by atoms with E-state index in [0.29, 0.717) is 23.9 Å². The maximum Gasteiger partial charge on any atom is 0.137 e. The summed E-state index contributed by atoms with van der Waals surface area (Å²) in [6.45, 7) is 24.4. The van der Waals surface area contributed by atoms with Gasteiger partial charge in [0.15, 0.2) is 0 Å². The van der Waals surface area contributed by atoms with Crippen LogP contribution in [0.4, 0.5) is 5.69 Å². The molecule has 0 radical (unpaired) electrons. The minimum atomic E-state index is 0.379. The van der Waals surface area contributed by atoms with Crippen LogP contribution in [-0.4, -0.2) is 29.7 Å². The molecule has 2 heterocycles. The summed E-state index contributed by atoms with van der Waals surface area (Å²) in [5, 5.41) is 3.66. The number of anilines is 1. The van der Waals surface area contributed by atoms with Gasteiger partial charge in [-0.15, -0.1) is 0 Å². The van der Waals surface area contributed by atoms with E-state index in [0.717, 1.165) is 37.1 Å². The topological polar surface area (TPSA) is 32.6 Å². The molecule has 0 spiro atoms. The second kappa shape index (κ2) is 13.2. The van der Waals surface area contributed by atoms with Gasteiger partial charge in [-0.1, -0.05) is 56.2 Å². The van der Waals surface area contributed by atoms with E-state index in [1.165, 1.54) is 58.4 Å². The van der Waals surface area contributed by atoms with Crippen molar-refractivity contribution in [2.24, 2.45) is 16.8 Å². The predicted molar refractivity (Wildman–Crippen MR) is 173 cm³/mol. The standard InChI is InChI=1S/C36H52N4/c1-10-25(5)26(6)17-31-19-34(27(7)18-33(31)24(3)4)35(11-2)38-36-16-15-32(23-40(36)22-30-13-12-14-30)39-20-28(8)37-29(9)21-39/h11,15-17,19,22-23,25,27-29,37H,3,10,12-14,18,20-21H2,1-2,4-9H3/b26-17-,35-11-,38-36-/t25?,27?,28-,29?/m0/s1. The molecule has 40 heavy (non-hydrogen) atoms. The van der Waals surface area contributed by atoms with E-state index in [4.69, 9.17) is 4.99 Å². The molecule has 0 bridgehead atoms. The smallest absolute Gasteiger partial charge is 0.137 e. The number of aromatic nitrogens is 1. The Morgan fingerprint density at radius 2 is 1.85 bits per heavy atom. The minimum absolute atomic E-state index is 0.379. The van der Waals surface area contributed by atoms with Gasteiger partial charge in [0.05, 0.1) is 11.4 Å². The molecule has 4 rings (SSSR count). The first kappa shape index (κ1) is 30.1. The maximum absolute atomic E-state index is 5.33. The first-order chi connectivity index (χ1) is 19.1. The lowest BCUT2D eigenvalue weighted by Crippen LogP contribution is -2.54. The molecular formula is C36H52N4. The Bertz CT molecular complexity index is 1310. The van der Waals surface area contributed by atoms with Crippen molar-refractivity contribution in [3.8, 4) is 0 Å². The van der Waals surface area contributed by atoms with Gasteiger partial charge in [-0.05, 0) is 113 Å². The van der Waals surface area contributed by atoms with Crippen molar-refractivity contribution in [2.75, 3.05) is 18.0 Å². The normalized spacial score (nSPS) is 25.6. The van der Waals surface area contributed by atoms with Crippen LogP contribution in [0.3, 0.4) is 0 Å². The van der Waals surface area contributed by atoms with Crippen LogP contribution in [0.2, 0.25) is 0 Å². The molecule has 1 saturated heterocycles. The van der Waals surface area contributed by atoms with Gasteiger partial charge in [0.25, 0.3) is 0 Å². The van der Waals surface area contributed by atoms with E-state index < -0.39 is 0 Å². The number of allylic oxidation sites excluding steroid dienone is 9. The quantitative estimate of drug-likeness (QED) is 0.359. The van der Waals surface area contributed by atoms with Crippen molar-refractivity contribution in [1.82, 2.24) is 9.88 Å². The van der Waals surface area contributed by atoms with E-state index >= 15 is 0 Å². The van der Waals surface area contributed by atoms with Crippen molar-refractivity contribution < 1.29 is 0 Å². The third kappa shape index (κ3) is 7.07. The van der Waals surface area contributed by atoms with E-state index in [1.54, 1.807) is 0 Å². The van der Waals surface area contributed by atoms with Crippen LogP contribution >= 0.6 is 0 Å². The average molecular weight is 541 g/mol. The molecule has 3 unspecified atom stereocenters. The minimum Gasteiger partial charge on any atom is -0.367 e. The van der Waals surface area contributed by atoms with Gasteiger partial charge in [0.1, 0.15) is 5.49 Å². The molecule has 2 fully saturated rings. The molecule has 216 valence electrons. The van der Waals surface area contributed by atoms with E-state index in [-0.39, 0.29) is 0 Å². The third-order valence-electron chi connectivity index (χ3n) is 8.97. The van der Waals surface area contributed by atoms with Gasteiger partial charge in [0.2, 0.25) is 0 Å². The van der Waals surface area contributed by atoms with Crippen LogP contribution in [-0.2, 0) is 0 Å². The van der Waals surface area contributed by atoms with Crippen LogP contribution in [0.25, 0.3) is 6.20 Å². The molecule has 1 aromatic heterocycles. The van der Waals surface area contributed by atoms with E-state index in [2.05, 4.69) is 120 Å². The van der Waals surface area contributed by atoms with Crippen LogP contribution in [0.15, 0.2) is 87.3 Å². The molecule has 3 aliphatic rings. The Morgan fingerprint density at radius 3 is 2.42 bits per heavy atom. The van der Waals surface area contributed by atoms with Crippen molar-refractivity contribution in [3.63, 3.8) is 0 Å². The first-order valence-corrected chi connectivity index (χ1v) is 15.5. The fraction of sp³-hybridized carbons (Fsp3) is 0.528. The summed E-state index contributed by atoms with van der Waals surface area (Å²) < 4.78 is 2.28. The van der Waals surface area contributed by atoms with Crippen molar-refractivity contribution in [2.45, 2.75) is 99.6 Å². The van der Waals surface area contributed by atoms with E-state index in [9.17, 15) is 0 Å². The first-order valence-electron chi connectivity index (χ1n) is 15.5. The second-order valence-corrected chi connectivity index (χ2v) is 12.6. The number of nitrogens with zero attached hydrogens (tertiary/aromatic N) is 3. The Hall–Kier alpha value is -2.85. The van der Waals surface area contributed by atoms with Gasteiger partial charge in [0, 0.05) is 37.6 Å². The van der Waals surface area contributed by atoms with Crippen molar-refractivity contribution in [1.29, 1.82) is 0 Å². The van der Waals surface area contributed by atoms with Gasteiger partial charge in [-0.2, -0.15) is 0 Å². The van der Waals surface area contributed by atoms with Gasteiger partial charge in [-0.3, -0.25) is 0 Å². The number of piperazine rings is 1. The molecule has 4 nitrogen and oxygen atoms in total. The molecule has 2 aliphatic carbocycles. The van der Waals surface area contributed by atoms with Gasteiger partial charge in [-0.25, -0.2) is 4.99 Å². The summed E-state index contributed by atoms with van der Waals surface area (Å²) in [6.07, 6.45) is 17.4. The number of nitrogens with one attached hydrogen (secondary N) is 1. The number of hydrogen-bond donors (Lipinski definition) is 1. The number of rotatable bonds is 8. The lowest BCUT2D eigenvalue weighted by atomic mass is 9.80. The highest BCUT2D eigenvalue weighted by molar-refractivity contribution is 5.54. The summed E-state index contributed by atoms with van der Waals surface area (Å²) in [7, 11) is 0. The van der Waals surface area contributed by atoms with E-state index in [1.807, 2.05) is 0 Å². The van der Waals surface area contributed by atoms with Crippen LogP contribution < -0.4 is 15.7 Å². The summed E-state index contributed by atoms with van der Waals surface area (Å²) in [5.41, 5.74) is 11.4. The van der Waals surface area contributed by atoms with Crippen molar-refractivity contribution >= 4 is 11.9 Å². The largest absolute Gasteiger partial charge is 0.367 e. The second-order valence-electron chi connectivity index (χ2n) is 12.6. The molecule has 1 aliphatic heterocycles. The molecule has 1 aromatic rings. The molecule has 0 amide bonds. The summed E-state index contributed by atoms with van der Waals surface area (Å²) in [5.74, 6) is 0.948.